The highest BCUT2D eigenvalue weighted by atomic mass is 16.4. The van der Waals surface area contributed by atoms with Crippen LogP contribution < -0.4 is 5.32 Å². The first kappa shape index (κ1) is 15.0. The number of hydrogen-bond acceptors (Lipinski definition) is 3. The molecule has 0 aromatic rings. The molecule has 2 atom stereocenters. The Hall–Kier alpha value is -1.10. The van der Waals surface area contributed by atoms with Crippen LogP contribution in [0.2, 0.25) is 0 Å². The van der Waals surface area contributed by atoms with Gasteiger partial charge < -0.3 is 15.3 Å². The third kappa shape index (κ3) is 3.70. The van der Waals surface area contributed by atoms with E-state index in [1.807, 2.05) is 7.05 Å². The number of nitrogens with zero attached hydrogens (tertiary/aromatic N) is 1. The molecule has 1 rings (SSSR count). The normalized spacial score (nSPS) is 22.8. The third-order valence-electron chi connectivity index (χ3n) is 3.56. The number of carbonyl (C=O) groups excluding carboxylic acids is 1. The van der Waals surface area contributed by atoms with Gasteiger partial charge in [-0.2, -0.15) is 0 Å². The smallest absolute Gasteiger partial charge is 0.316 e. The van der Waals surface area contributed by atoms with Crippen LogP contribution in [0.15, 0.2) is 0 Å². The van der Waals surface area contributed by atoms with Crippen molar-refractivity contribution in [3.05, 3.63) is 0 Å². The number of likely N-dealkylation sites (tertiary alicyclic amines) is 1. The van der Waals surface area contributed by atoms with Crippen molar-refractivity contribution < 1.29 is 14.7 Å². The van der Waals surface area contributed by atoms with Gasteiger partial charge in [-0.1, -0.05) is 20.8 Å². The Morgan fingerprint density at radius 1 is 1.44 bits per heavy atom. The molecule has 104 valence electrons. The summed E-state index contributed by atoms with van der Waals surface area (Å²) in [5, 5.41) is 11.9. The van der Waals surface area contributed by atoms with Gasteiger partial charge in [0.2, 0.25) is 5.91 Å². The lowest BCUT2D eigenvalue weighted by Gasteiger charge is -2.27. The van der Waals surface area contributed by atoms with Crippen LogP contribution in [0.4, 0.5) is 0 Å². The van der Waals surface area contributed by atoms with Crippen LogP contribution in [0.1, 0.15) is 33.6 Å². The summed E-state index contributed by atoms with van der Waals surface area (Å²) in [6.07, 6.45) is 2.20. The zero-order valence-corrected chi connectivity index (χ0v) is 11.7. The van der Waals surface area contributed by atoms with Gasteiger partial charge >= 0.3 is 5.97 Å². The quantitative estimate of drug-likeness (QED) is 0.735. The summed E-state index contributed by atoms with van der Waals surface area (Å²) in [4.78, 5) is 25.4. The van der Waals surface area contributed by atoms with Crippen molar-refractivity contribution in [2.75, 3.05) is 20.1 Å². The molecule has 0 aromatic heterocycles. The summed E-state index contributed by atoms with van der Waals surface area (Å²) >= 11 is 0. The molecule has 1 aliphatic rings. The fourth-order valence-corrected chi connectivity index (χ4v) is 2.43. The van der Waals surface area contributed by atoms with Gasteiger partial charge in [0.15, 0.2) is 0 Å². The van der Waals surface area contributed by atoms with E-state index in [1.54, 1.807) is 20.8 Å². The molecule has 0 radical (unpaired) electrons. The van der Waals surface area contributed by atoms with Gasteiger partial charge in [0.05, 0.1) is 0 Å². The van der Waals surface area contributed by atoms with E-state index in [4.69, 9.17) is 5.11 Å². The number of amides is 1. The summed E-state index contributed by atoms with van der Waals surface area (Å²) in [7, 11) is 2.03. The van der Waals surface area contributed by atoms with Crippen LogP contribution in [-0.2, 0) is 9.59 Å². The van der Waals surface area contributed by atoms with Crippen LogP contribution in [0, 0.1) is 11.3 Å². The molecule has 2 N–H and O–H groups in total. The molecule has 1 heterocycles. The van der Waals surface area contributed by atoms with E-state index in [-0.39, 0.29) is 5.91 Å². The standard InChI is InChI=1S/C13H24N2O3/c1-13(2,3)10(12(17)18)11(16)14-8-9-6-5-7-15(9)4/h9-10H,5-8H2,1-4H3,(H,14,16)(H,17,18). The molecule has 0 saturated carbocycles. The molecule has 5 nitrogen and oxygen atoms in total. The van der Waals surface area contributed by atoms with Gasteiger partial charge in [-0.25, -0.2) is 0 Å². The van der Waals surface area contributed by atoms with Crippen LogP contribution >= 0.6 is 0 Å². The monoisotopic (exact) mass is 256 g/mol. The number of nitrogens with one attached hydrogen (secondary N) is 1. The largest absolute Gasteiger partial charge is 0.481 e. The Bertz CT molecular complexity index is 323. The van der Waals surface area contributed by atoms with E-state index >= 15 is 0 Å². The third-order valence-corrected chi connectivity index (χ3v) is 3.56. The minimum Gasteiger partial charge on any atom is -0.481 e. The topological polar surface area (TPSA) is 69.6 Å². The summed E-state index contributed by atoms with van der Waals surface area (Å²) in [5.74, 6) is -2.43. The van der Waals surface area contributed by atoms with Crippen LogP contribution in [0.5, 0.6) is 0 Å². The zero-order valence-electron chi connectivity index (χ0n) is 11.7. The number of rotatable bonds is 4. The molecule has 0 spiro atoms. The molecule has 1 aliphatic heterocycles. The van der Waals surface area contributed by atoms with E-state index in [2.05, 4.69) is 10.2 Å². The lowest BCUT2D eigenvalue weighted by Crippen LogP contribution is -2.46. The maximum atomic E-state index is 12.0. The van der Waals surface area contributed by atoms with Crippen LogP contribution in [-0.4, -0.2) is 48.1 Å². The molecular weight excluding hydrogens is 232 g/mol. The van der Waals surface area contributed by atoms with E-state index in [0.29, 0.717) is 12.6 Å². The molecule has 0 bridgehead atoms. The average molecular weight is 256 g/mol. The van der Waals surface area contributed by atoms with Crippen molar-refractivity contribution in [1.82, 2.24) is 10.2 Å². The molecule has 2 unspecified atom stereocenters. The zero-order chi connectivity index (χ0) is 13.9. The highest BCUT2D eigenvalue weighted by Crippen LogP contribution is 2.26. The minimum absolute atomic E-state index is 0.336. The van der Waals surface area contributed by atoms with Crippen molar-refractivity contribution >= 4 is 11.9 Å². The van der Waals surface area contributed by atoms with Crippen molar-refractivity contribution in [2.24, 2.45) is 11.3 Å². The Morgan fingerprint density at radius 3 is 2.44 bits per heavy atom. The van der Waals surface area contributed by atoms with Crippen LogP contribution in [0.3, 0.4) is 0 Å². The minimum atomic E-state index is -1.06. The Morgan fingerprint density at radius 2 is 2.06 bits per heavy atom. The molecule has 1 amide bonds. The van der Waals surface area contributed by atoms with Gasteiger partial charge in [0, 0.05) is 12.6 Å². The fraction of sp³-hybridized carbons (Fsp3) is 0.846. The Balaban J connectivity index is 2.55. The van der Waals surface area contributed by atoms with Gasteiger partial charge in [0.25, 0.3) is 0 Å². The van der Waals surface area contributed by atoms with E-state index in [9.17, 15) is 9.59 Å². The number of carboxylic acid groups (broad SMARTS) is 1. The first-order chi connectivity index (χ1) is 8.23. The second kappa shape index (κ2) is 5.69. The SMILES string of the molecule is CN1CCCC1CNC(=O)C(C(=O)O)C(C)(C)C. The van der Waals surface area contributed by atoms with Gasteiger partial charge in [-0.3, -0.25) is 9.59 Å². The van der Waals surface area contributed by atoms with Crippen molar-refractivity contribution in [3.63, 3.8) is 0 Å². The first-order valence-electron chi connectivity index (χ1n) is 6.44. The van der Waals surface area contributed by atoms with Crippen LogP contribution in [0.25, 0.3) is 0 Å². The Kier molecular flexibility index (Phi) is 4.73. The lowest BCUT2D eigenvalue weighted by molar-refractivity contribution is -0.151. The number of hydrogen-bond donors (Lipinski definition) is 2. The number of carbonyl (C=O) groups is 2. The maximum absolute atomic E-state index is 12.0. The molecule has 18 heavy (non-hydrogen) atoms. The molecule has 0 aliphatic carbocycles. The lowest BCUT2D eigenvalue weighted by atomic mass is 9.80. The van der Waals surface area contributed by atoms with E-state index < -0.39 is 17.3 Å². The number of carboxylic acids is 1. The second-order valence-electron chi connectivity index (χ2n) is 6.16. The molecule has 5 heteroatoms. The van der Waals surface area contributed by atoms with Crippen molar-refractivity contribution in [2.45, 2.75) is 39.7 Å². The predicted octanol–water partition coefficient (Wildman–Crippen LogP) is 0.944. The summed E-state index contributed by atoms with van der Waals surface area (Å²) in [6, 6.07) is 0.336. The first-order valence-corrected chi connectivity index (χ1v) is 6.44. The van der Waals surface area contributed by atoms with E-state index in [1.165, 1.54) is 0 Å². The van der Waals surface area contributed by atoms with Crippen molar-refractivity contribution in [3.8, 4) is 0 Å². The molecule has 1 fully saturated rings. The summed E-state index contributed by atoms with van der Waals surface area (Å²) in [5.41, 5.74) is -0.572. The fourth-order valence-electron chi connectivity index (χ4n) is 2.43. The summed E-state index contributed by atoms with van der Waals surface area (Å²) in [6.45, 7) is 6.89. The number of likely N-dealkylation sites (N-methyl/N-ethyl adjacent to an activating group) is 1. The Labute approximate surface area is 109 Å². The second-order valence-corrected chi connectivity index (χ2v) is 6.16. The summed E-state index contributed by atoms with van der Waals surface area (Å²) < 4.78 is 0. The number of aliphatic carboxylic acids is 1. The highest BCUT2D eigenvalue weighted by molar-refractivity contribution is 5.97. The maximum Gasteiger partial charge on any atom is 0.316 e. The predicted molar refractivity (Wildman–Crippen MR) is 69.2 cm³/mol. The van der Waals surface area contributed by atoms with Crippen molar-refractivity contribution in [1.29, 1.82) is 0 Å². The highest BCUT2D eigenvalue weighted by Gasteiger charge is 2.37. The molecular formula is C13H24N2O3. The van der Waals surface area contributed by atoms with Gasteiger partial charge in [-0.15, -0.1) is 0 Å². The molecule has 1 saturated heterocycles. The van der Waals surface area contributed by atoms with E-state index in [0.717, 1.165) is 19.4 Å². The average Bonchev–Trinajstić information content (AvgIpc) is 2.58. The van der Waals surface area contributed by atoms with Gasteiger partial charge in [0.1, 0.15) is 5.92 Å². The molecule has 0 aromatic carbocycles. The van der Waals surface area contributed by atoms with Gasteiger partial charge in [-0.05, 0) is 31.8 Å².